The minimum absolute atomic E-state index is 0.390. The molecule has 1 amide bonds. The summed E-state index contributed by atoms with van der Waals surface area (Å²) in [6.07, 6.45) is -0.961. The van der Waals surface area contributed by atoms with Gasteiger partial charge in [-0.15, -0.1) is 11.3 Å². The van der Waals surface area contributed by atoms with Crippen LogP contribution in [0, 0.1) is 0 Å². The van der Waals surface area contributed by atoms with E-state index in [0.717, 1.165) is 21.2 Å². The predicted octanol–water partition coefficient (Wildman–Crippen LogP) is 5.78. The smallest absolute Gasteiger partial charge is 0.338 e. The van der Waals surface area contributed by atoms with E-state index in [9.17, 15) is 9.59 Å². The first kappa shape index (κ1) is 22.8. The highest BCUT2D eigenvalue weighted by Crippen LogP contribution is 2.31. The molecule has 33 heavy (non-hydrogen) atoms. The number of aromatic nitrogens is 1. The van der Waals surface area contributed by atoms with Crippen LogP contribution in [0.3, 0.4) is 0 Å². The Morgan fingerprint density at radius 3 is 2.52 bits per heavy atom. The number of anilines is 1. The first-order valence-corrected chi connectivity index (χ1v) is 12.1. The van der Waals surface area contributed by atoms with Gasteiger partial charge < -0.3 is 14.8 Å². The standard InChI is InChI=1S/C25H22N2O4S2/c1-16(23(28)26-19-7-3-5-9-21(19)30-2)31-24(29)18-13-11-17(12-14-18)15-32-25-27-20-8-4-6-10-22(20)33-25/h3-14,16H,15H2,1-2H3,(H,26,28). The third-order valence-electron chi connectivity index (χ3n) is 4.84. The van der Waals surface area contributed by atoms with Gasteiger partial charge in [0, 0.05) is 5.75 Å². The molecule has 0 radical (unpaired) electrons. The predicted molar refractivity (Wildman–Crippen MR) is 132 cm³/mol. The summed E-state index contributed by atoms with van der Waals surface area (Å²) >= 11 is 3.33. The van der Waals surface area contributed by atoms with Crippen LogP contribution in [0.25, 0.3) is 10.2 Å². The minimum atomic E-state index is -0.961. The molecule has 0 fully saturated rings. The summed E-state index contributed by atoms with van der Waals surface area (Å²) in [4.78, 5) is 29.5. The molecular formula is C25H22N2O4S2. The second-order valence-electron chi connectivity index (χ2n) is 7.17. The van der Waals surface area contributed by atoms with Gasteiger partial charge in [0.2, 0.25) is 0 Å². The van der Waals surface area contributed by atoms with E-state index >= 15 is 0 Å². The topological polar surface area (TPSA) is 77.5 Å². The molecule has 0 aliphatic rings. The fourth-order valence-corrected chi connectivity index (χ4v) is 5.08. The Morgan fingerprint density at radius 1 is 1.03 bits per heavy atom. The highest BCUT2D eigenvalue weighted by Gasteiger charge is 2.20. The maximum Gasteiger partial charge on any atom is 0.338 e. The molecule has 0 bridgehead atoms. The maximum atomic E-state index is 12.5. The summed E-state index contributed by atoms with van der Waals surface area (Å²) in [6.45, 7) is 1.53. The van der Waals surface area contributed by atoms with Gasteiger partial charge in [-0.25, -0.2) is 9.78 Å². The molecule has 0 spiro atoms. The lowest BCUT2D eigenvalue weighted by Gasteiger charge is -2.15. The molecular weight excluding hydrogens is 456 g/mol. The van der Waals surface area contributed by atoms with Gasteiger partial charge in [0.1, 0.15) is 5.75 Å². The number of carbonyl (C=O) groups is 2. The minimum Gasteiger partial charge on any atom is -0.495 e. The van der Waals surface area contributed by atoms with Gasteiger partial charge in [-0.1, -0.05) is 48.2 Å². The molecule has 0 saturated heterocycles. The van der Waals surface area contributed by atoms with Crippen LogP contribution in [-0.2, 0) is 15.3 Å². The summed E-state index contributed by atoms with van der Waals surface area (Å²) in [5, 5.41) is 2.72. The number of hydrogen-bond acceptors (Lipinski definition) is 7. The molecule has 1 N–H and O–H groups in total. The zero-order chi connectivity index (χ0) is 23.2. The van der Waals surface area contributed by atoms with E-state index in [-0.39, 0.29) is 0 Å². The zero-order valence-electron chi connectivity index (χ0n) is 18.1. The number of fused-ring (bicyclic) bond motifs is 1. The Hall–Kier alpha value is -3.36. The highest BCUT2D eigenvalue weighted by atomic mass is 32.2. The van der Waals surface area contributed by atoms with E-state index in [1.807, 2.05) is 30.3 Å². The van der Waals surface area contributed by atoms with Gasteiger partial charge in [0.05, 0.1) is 28.6 Å². The van der Waals surface area contributed by atoms with Crippen LogP contribution in [0.15, 0.2) is 77.1 Å². The SMILES string of the molecule is COc1ccccc1NC(=O)C(C)OC(=O)c1ccc(CSc2nc3ccccc3s2)cc1. The zero-order valence-corrected chi connectivity index (χ0v) is 19.7. The average Bonchev–Trinajstić information content (AvgIpc) is 3.26. The molecule has 0 saturated carbocycles. The van der Waals surface area contributed by atoms with Gasteiger partial charge in [-0.3, -0.25) is 4.79 Å². The largest absolute Gasteiger partial charge is 0.495 e. The fraction of sp³-hybridized carbons (Fsp3) is 0.160. The third-order valence-corrected chi connectivity index (χ3v) is 7.09. The van der Waals surface area contributed by atoms with E-state index in [4.69, 9.17) is 9.47 Å². The molecule has 3 aromatic carbocycles. The number of thiazole rings is 1. The lowest BCUT2D eigenvalue weighted by atomic mass is 10.1. The summed E-state index contributed by atoms with van der Waals surface area (Å²) < 4.78 is 12.7. The number of hydrogen-bond donors (Lipinski definition) is 1. The van der Waals surface area contributed by atoms with E-state index in [2.05, 4.69) is 16.4 Å². The van der Waals surface area contributed by atoms with Gasteiger partial charge in [-0.2, -0.15) is 0 Å². The summed E-state index contributed by atoms with van der Waals surface area (Å²) in [7, 11) is 1.52. The molecule has 1 unspecified atom stereocenters. The van der Waals surface area contributed by atoms with Crippen LogP contribution >= 0.6 is 23.1 Å². The molecule has 0 aliphatic heterocycles. The lowest BCUT2D eigenvalue weighted by Crippen LogP contribution is -2.30. The van der Waals surface area contributed by atoms with Crippen molar-refractivity contribution in [3.63, 3.8) is 0 Å². The normalized spacial score (nSPS) is 11.7. The number of ether oxygens (including phenoxy) is 2. The van der Waals surface area contributed by atoms with Crippen molar-refractivity contribution in [2.45, 2.75) is 23.1 Å². The van der Waals surface area contributed by atoms with Crippen molar-refractivity contribution in [3.05, 3.63) is 83.9 Å². The molecule has 8 heteroatoms. The molecule has 6 nitrogen and oxygen atoms in total. The van der Waals surface area contributed by atoms with Gasteiger partial charge in [-0.05, 0) is 48.9 Å². The number of para-hydroxylation sites is 3. The molecule has 4 rings (SSSR count). The average molecular weight is 479 g/mol. The van der Waals surface area contributed by atoms with Crippen molar-refractivity contribution in [3.8, 4) is 5.75 Å². The van der Waals surface area contributed by atoms with Crippen molar-refractivity contribution in [2.75, 3.05) is 12.4 Å². The second-order valence-corrected chi connectivity index (χ2v) is 9.42. The van der Waals surface area contributed by atoms with Crippen LogP contribution in [0.4, 0.5) is 5.69 Å². The van der Waals surface area contributed by atoms with Crippen LogP contribution in [-0.4, -0.2) is 30.1 Å². The monoisotopic (exact) mass is 478 g/mol. The highest BCUT2D eigenvalue weighted by molar-refractivity contribution is 8.00. The van der Waals surface area contributed by atoms with Crippen LogP contribution < -0.4 is 10.1 Å². The molecule has 1 heterocycles. The molecule has 168 valence electrons. The number of thioether (sulfide) groups is 1. The molecule has 4 aromatic rings. The quantitative estimate of drug-likeness (QED) is 0.255. The Balaban J connectivity index is 1.31. The van der Waals surface area contributed by atoms with Gasteiger partial charge in [0.25, 0.3) is 5.91 Å². The molecule has 1 aromatic heterocycles. The van der Waals surface area contributed by atoms with Crippen molar-refractivity contribution in [1.29, 1.82) is 0 Å². The van der Waals surface area contributed by atoms with Crippen molar-refractivity contribution in [2.24, 2.45) is 0 Å². The number of amides is 1. The van der Waals surface area contributed by atoms with Crippen LogP contribution in [0.5, 0.6) is 5.75 Å². The Kier molecular flexibility index (Phi) is 7.26. The second kappa shape index (κ2) is 10.5. The van der Waals surface area contributed by atoms with Crippen molar-refractivity contribution in [1.82, 2.24) is 4.98 Å². The fourth-order valence-electron chi connectivity index (χ4n) is 3.06. The number of nitrogens with zero attached hydrogens (tertiary/aromatic N) is 1. The number of nitrogens with one attached hydrogen (secondary N) is 1. The number of carbonyl (C=O) groups excluding carboxylic acids is 2. The number of rotatable bonds is 8. The first-order valence-electron chi connectivity index (χ1n) is 10.3. The van der Waals surface area contributed by atoms with E-state index in [1.165, 1.54) is 18.7 Å². The third kappa shape index (κ3) is 5.71. The Labute approximate surface area is 200 Å². The molecule has 1 atom stereocenters. The Morgan fingerprint density at radius 2 is 1.76 bits per heavy atom. The van der Waals surface area contributed by atoms with Gasteiger partial charge in [0.15, 0.2) is 10.4 Å². The number of methoxy groups -OCH3 is 1. The lowest BCUT2D eigenvalue weighted by molar-refractivity contribution is -0.123. The Bertz CT molecular complexity index is 1240. The number of esters is 1. The molecule has 0 aliphatic carbocycles. The van der Waals surface area contributed by atoms with Crippen LogP contribution in [0.1, 0.15) is 22.8 Å². The summed E-state index contributed by atoms with van der Waals surface area (Å²) in [5.41, 5.74) is 2.98. The van der Waals surface area contributed by atoms with Crippen LogP contribution in [0.2, 0.25) is 0 Å². The first-order chi connectivity index (χ1) is 16.0. The summed E-state index contributed by atoms with van der Waals surface area (Å²) in [6, 6.07) is 22.3. The summed E-state index contributed by atoms with van der Waals surface area (Å²) in [5.74, 6) is 0.288. The van der Waals surface area contributed by atoms with Crippen molar-refractivity contribution < 1.29 is 19.1 Å². The van der Waals surface area contributed by atoms with E-state index in [1.54, 1.807) is 59.5 Å². The van der Waals surface area contributed by atoms with E-state index < -0.39 is 18.0 Å². The maximum absolute atomic E-state index is 12.5. The van der Waals surface area contributed by atoms with E-state index in [0.29, 0.717) is 17.0 Å². The number of benzene rings is 3. The van der Waals surface area contributed by atoms with Crippen molar-refractivity contribution >= 4 is 50.9 Å². The van der Waals surface area contributed by atoms with Gasteiger partial charge >= 0.3 is 5.97 Å².